The molecule has 4 rings (SSSR count). The predicted molar refractivity (Wildman–Crippen MR) is 197 cm³/mol. The largest absolute Gasteiger partial charge is 0.367 e. The molecule has 0 amide bonds. The Kier molecular flexibility index (Phi) is 12.0. The summed E-state index contributed by atoms with van der Waals surface area (Å²) in [5.74, 6) is 0.736. The van der Waals surface area contributed by atoms with Crippen LogP contribution in [0.2, 0.25) is 0 Å². The zero-order valence-corrected chi connectivity index (χ0v) is 29.1. The van der Waals surface area contributed by atoms with Crippen LogP contribution >= 0.6 is 11.9 Å². The molecule has 0 saturated carbocycles. The van der Waals surface area contributed by atoms with E-state index >= 15 is 0 Å². The molecule has 0 aromatic heterocycles. The Morgan fingerprint density at radius 3 is 2.31 bits per heavy atom. The average molecular weight is 625 g/mol. The molecule has 5 nitrogen and oxygen atoms in total. The van der Waals surface area contributed by atoms with E-state index in [0.717, 1.165) is 71.7 Å². The fraction of sp³-hybridized carbons (Fsp3) is 0.385. The number of fused-ring (bicyclic) bond motifs is 1. The predicted octanol–water partition coefficient (Wildman–Crippen LogP) is 9.66. The standard InChI is InChI=1S/C39H52N4OS/c1-10-30(24-40-45-9)37(23-27(3)39(6,7)8)42-29(5)41-36-22-21-33(34-19-15-16-20-35(34)36)28(4)43-25-32(11-2)44-38(26-43)31-17-13-12-14-18-31/h12-23,32,38,40-42H,4-5,10-11,24-26H2,1-3,6-9H3/b27-23+,37-30+. The lowest BCUT2D eigenvalue weighted by molar-refractivity contribution is -0.0724. The van der Waals surface area contributed by atoms with Gasteiger partial charge in [-0.1, -0.05) is 126 Å². The molecule has 2 atom stereocenters. The van der Waals surface area contributed by atoms with E-state index in [2.05, 4.69) is 154 Å². The van der Waals surface area contributed by atoms with Gasteiger partial charge in [-0.3, -0.25) is 4.72 Å². The van der Waals surface area contributed by atoms with E-state index in [1.165, 1.54) is 16.7 Å². The zero-order chi connectivity index (χ0) is 32.6. The van der Waals surface area contributed by atoms with Crippen LogP contribution in [-0.2, 0) is 4.74 Å². The lowest BCUT2D eigenvalue weighted by atomic mass is 9.86. The van der Waals surface area contributed by atoms with Gasteiger partial charge in [0.05, 0.1) is 6.10 Å². The van der Waals surface area contributed by atoms with Crippen molar-refractivity contribution in [1.82, 2.24) is 14.9 Å². The normalized spacial score (nSPS) is 18.0. The van der Waals surface area contributed by atoms with Crippen LogP contribution in [0.25, 0.3) is 16.5 Å². The molecule has 0 radical (unpaired) electrons. The highest BCUT2D eigenvalue weighted by atomic mass is 32.2. The summed E-state index contributed by atoms with van der Waals surface area (Å²) in [5.41, 5.74) is 8.15. The molecule has 1 fully saturated rings. The van der Waals surface area contributed by atoms with Crippen molar-refractivity contribution in [3.63, 3.8) is 0 Å². The molecular formula is C39H52N4OS. The third kappa shape index (κ3) is 8.84. The number of rotatable bonds is 13. The van der Waals surface area contributed by atoms with Crippen LogP contribution < -0.4 is 15.4 Å². The molecule has 0 bridgehead atoms. The lowest BCUT2D eigenvalue weighted by Gasteiger charge is -2.40. The minimum Gasteiger partial charge on any atom is -0.367 e. The first-order chi connectivity index (χ1) is 21.5. The Bertz CT molecular complexity index is 1540. The van der Waals surface area contributed by atoms with E-state index < -0.39 is 0 Å². The Labute approximate surface area is 276 Å². The molecule has 3 aromatic carbocycles. The smallest absolute Gasteiger partial charge is 0.100 e. The van der Waals surface area contributed by atoms with Crippen LogP contribution in [0.5, 0.6) is 0 Å². The second-order valence-electron chi connectivity index (χ2n) is 12.8. The van der Waals surface area contributed by atoms with Crippen molar-refractivity contribution in [3.8, 4) is 0 Å². The van der Waals surface area contributed by atoms with E-state index in [-0.39, 0.29) is 17.6 Å². The Morgan fingerprint density at radius 2 is 1.67 bits per heavy atom. The van der Waals surface area contributed by atoms with Crippen molar-refractivity contribution in [2.45, 2.75) is 66.6 Å². The molecule has 1 heterocycles. The molecule has 45 heavy (non-hydrogen) atoms. The summed E-state index contributed by atoms with van der Waals surface area (Å²) in [6.45, 7) is 24.8. The van der Waals surface area contributed by atoms with Gasteiger partial charge in [0.1, 0.15) is 11.9 Å². The molecule has 3 N–H and O–H groups in total. The van der Waals surface area contributed by atoms with E-state index in [4.69, 9.17) is 4.74 Å². The number of morpholine rings is 1. The number of hydrogen-bond donors (Lipinski definition) is 3. The summed E-state index contributed by atoms with van der Waals surface area (Å²) in [5, 5.41) is 9.51. The monoisotopic (exact) mass is 624 g/mol. The second-order valence-corrected chi connectivity index (χ2v) is 13.5. The van der Waals surface area contributed by atoms with Gasteiger partial charge in [-0.25, -0.2) is 0 Å². The molecule has 240 valence electrons. The lowest BCUT2D eigenvalue weighted by Crippen LogP contribution is -2.42. The maximum atomic E-state index is 6.49. The van der Waals surface area contributed by atoms with Crippen molar-refractivity contribution in [3.05, 3.63) is 120 Å². The summed E-state index contributed by atoms with van der Waals surface area (Å²) in [6, 6.07) is 23.4. The van der Waals surface area contributed by atoms with E-state index in [1.807, 2.05) is 0 Å². The van der Waals surface area contributed by atoms with Crippen LogP contribution in [-0.4, -0.2) is 36.9 Å². The van der Waals surface area contributed by atoms with Gasteiger partial charge in [0.25, 0.3) is 0 Å². The third-order valence-corrected chi connectivity index (χ3v) is 9.20. The van der Waals surface area contributed by atoms with Crippen molar-refractivity contribution in [2.75, 3.05) is 31.2 Å². The highest BCUT2D eigenvalue weighted by Crippen LogP contribution is 2.36. The first kappa shape index (κ1) is 34.4. The van der Waals surface area contributed by atoms with Gasteiger partial charge in [0.2, 0.25) is 0 Å². The highest BCUT2D eigenvalue weighted by molar-refractivity contribution is 7.96. The number of nitrogens with zero attached hydrogens (tertiary/aromatic N) is 1. The molecule has 1 saturated heterocycles. The number of anilines is 1. The maximum absolute atomic E-state index is 6.49. The average Bonchev–Trinajstić information content (AvgIpc) is 3.04. The van der Waals surface area contributed by atoms with Crippen LogP contribution in [0.15, 0.2) is 109 Å². The minimum atomic E-state index is 0.0144. The highest BCUT2D eigenvalue weighted by Gasteiger charge is 2.29. The second kappa shape index (κ2) is 15.7. The third-order valence-electron chi connectivity index (χ3n) is 8.76. The number of allylic oxidation sites excluding steroid dienone is 2. The Balaban J connectivity index is 1.61. The fourth-order valence-corrected chi connectivity index (χ4v) is 5.87. The molecular weight excluding hydrogens is 573 g/mol. The molecule has 1 aliphatic rings. The van der Waals surface area contributed by atoms with E-state index in [1.54, 1.807) is 11.9 Å². The zero-order valence-electron chi connectivity index (χ0n) is 28.3. The van der Waals surface area contributed by atoms with Gasteiger partial charge in [-0.15, -0.1) is 0 Å². The number of hydrogen-bond acceptors (Lipinski definition) is 6. The first-order valence-corrected chi connectivity index (χ1v) is 17.3. The van der Waals surface area contributed by atoms with Crippen molar-refractivity contribution < 1.29 is 4.74 Å². The number of ether oxygens (including phenoxy) is 1. The number of benzene rings is 3. The van der Waals surface area contributed by atoms with Gasteiger partial charge in [0, 0.05) is 47.7 Å². The van der Waals surface area contributed by atoms with Gasteiger partial charge >= 0.3 is 0 Å². The van der Waals surface area contributed by atoms with Crippen LogP contribution in [0.3, 0.4) is 0 Å². The van der Waals surface area contributed by atoms with Gasteiger partial charge in [-0.2, -0.15) is 0 Å². The summed E-state index contributed by atoms with van der Waals surface area (Å²) in [7, 11) is 0. The quantitative estimate of drug-likeness (QED) is 0.130. The first-order valence-electron chi connectivity index (χ1n) is 16.1. The van der Waals surface area contributed by atoms with Crippen LogP contribution in [0.1, 0.15) is 71.6 Å². The molecule has 6 heteroatoms. The molecule has 0 spiro atoms. The van der Waals surface area contributed by atoms with Gasteiger partial charge < -0.3 is 20.3 Å². The summed E-state index contributed by atoms with van der Waals surface area (Å²) >= 11 is 1.64. The van der Waals surface area contributed by atoms with Crippen LogP contribution in [0.4, 0.5) is 5.69 Å². The van der Waals surface area contributed by atoms with E-state index in [0.29, 0.717) is 0 Å². The number of nitrogens with one attached hydrogen (secondary N) is 3. The molecule has 3 aromatic rings. The fourth-order valence-electron chi connectivity index (χ4n) is 5.55. The Morgan fingerprint density at radius 1 is 0.978 bits per heavy atom. The molecule has 0 aliphatic carbocycles. The van der Waals surface area contributed by atoms with Crippen molar-refractivity contribution >= 4 is 34.1 Å². The summed E-state index contributed by atoms with van der Waals surface area (Å²) in [6.07, 6.45) is 6.39. The molecule has 1 aliphatic heterocycles. The molecule has 2 unspecified atom stereocenters. The summed E-state index contributed by atoms with van der Waals surface area (Å²) < 4.78 is 9.91. The topological polar surface area (TPSA) is 48.6 Å². The van der Waals surface area contributed by atoms with Gasteiger partial charge in [0.15, 0.2) is 0 Å². The SMILES string of the molecule is C=C(NC(/C=C(\C)C(C)(C)C)=C(\CC)CNSC)Nc1ccc(C(=C)N2CC(CC)OC(c3ccccc3)C2)c2ccccc12. The van der Waals surface area contributed by atoms with Gasteiger partial charge in [-0.05, 0) is 60.1 Å². The maximum Gasteiger partial charge on any atom is 0.100 e. The van der Waals surface area contributed by atoms with Crippen molar-refractivity contribution in [2.24, 2.45) is 5.41 Å². The van der Waals surface area contributed by atoms with Crippen LogP contribution in [0, 0.1) is 5.41 Å². The minimum absolute atomic E-state index is 0.0144. The summed E-state index contributed by atoms with van der Waals surface area (Å²) in [4.78, 5) is 2.40. The Hall–Kier alpha value is -3.45. The van der Waals surface area contributed by atoms with E-state index in [9.17, 15) is 0 Å². The van der Waals surface area contributed by atoms with Crippen molar-refractivity contribution in [1.29, 1.82) is 0 Å².